The molecule has 0 aliphatic heterocycles. The highest BCUT2D eigenvalue weighted by Crippen LogP contribution is 2.31. The topological polar surface area (TPSA) is 32.3 Å². The zero-order chi connectivity index (χ0) is 10.0. The molecule has 76 valence electrons. The molecule has 0 radical (unpaired) electrons. The summed E-state index contributed by atoms with van der Waals surface area (Å²) in [7, 11) is 0. The van der Waals surface area contributed by atoms with Crippen molar-refractivity contribution < 1.29 is 5.11 Å². The molecule has 2 nitrogen and oxygen atoms in total. The maximum absolute atomic E-state index is 9.86. The van der Waals surface area contributed by atoms with Crippen molar-refractivity contribution in [3.63, 3.8) is 0 Å². The van der Waals surface area contributed by atoms with Crippen LogP contribution in [0.2, 0.25) is 0 Å². The Hall–Kier alpha value is -1.02. The summed E-state index contributed by atoms with van der Waals surface area (Å²) < 4.78 is 0. The highest BCUT2D eigenvalue weighted by Gasteiger charge is 2.33. The average Bonchev–Trinajstić information content (AvgIpc) is 2.14. The van der Waals surface area contributed by atoms with Crippen LogP contribution in [0.3, 0.4) is 0 Å². The standard InChI is InChI=1S/C12H17NO/c1-10-3-5-11(6-4-10)13-9-12(14)7-2-8-12/h3-6,13-14H,2,7-9H2,1H3. The molecule has 0 spiro atoms. The van der Waals surface area contributed by atoms with Crippen molar-refractivity contribution in [2.24, 2.45) is 0 Å². The van der Waals surface area contributed by atoms with E-state index >= 15 is 0 Å². The lowest BCUT2D eigenvalue weighted by Crippen LogP contribution is -2.43. The van der Waals surface area contributed by atoms with E-state index in [4.69, 9.17) is 0 Å². The third-order valence-electron chi connectivity index (χ3n) is 2.96. The average molecular weight is 191 g/mol. The number of hydrogen-bond acceptors (Lipinski definition) is 2. The summed E-state index contributed by atoms with van der Waals surface area (Å²) in [5.74, 6) is 0. The van der Waals surface area contributed by atoms with Crippen LogP contribution < -0.4 is 5.32 Å². The van der Waals surface area contributed by atoms with Gasteiger partial charge in [0.2, 0.25) is 0 Å². The van der Waals surface area contributed by atoms with E-state index in [1.807, 2.05) is 0 Å². The fourth-order valence-corrected chi connectivity index (χ4v) is 1.70. The largest absolute Gasteiger partial charge is 0.388 e. The van der Waals surface area contributed by atoms with Crippen LogP contribution in [0.5, 0.6) is 0 Å². The smallest absolute Gasteiger partial charge is 0.0819 e. The summed E-state index contributed by atoms with van der Waals surface area (Å²) in [5.41, 5.74) is 1.92. The van der Waals surface area contributed by atoms with Crippen LogP contribution in [-0.4, -0.2) is 17.3 Å². The lowest BCUT2D eigenvalue weighted by Gasteiger charge is -2.36. The molecule has 2 N–H and O–H groups in total. The van der Waals surface area contributed by atoms with Gasteiger partial charge in [0, 0.05) is 12.2 Å². The number of anilines is 1. The first kappa shape index (κ1) is 9.53. The molecule has 1 aromatic carbocycles. The van der Waals surface area contributed by atoms with Gasteiger partial charge >= 0.3 is 0 Å². The molecule has 0 atom stereocenters. The zero-order valence-corrected chi connectivity index (χ0v) is 8.59. The van der Waals surface area contributed by atoms with Crippen LogP contribution in [-0.2, 0) is 0 Å². The second-order valence-electron chi connectivity index (χ2n) is 4.30. The van der Waals surface area contributed by atoms with Crippen LogP contribution >= 0.6 is 0 Å². The minimum absolute atomic E-state index is 0.440. The summed E-state index contributed by atoms with van der Waals surface area (Å²) in [4.78, 5) is 0. The van der Waals surface area contributed by atoms with Crippen molar-refractivity contribution in [2.45, 2.75) is 31.8 Å². The Labute approximate surface area is 85.0 Å². The van der Waals surface area contributed by atoms with E-state index in [9.17, 15) is 5.11 Å². The molecular formula is C12H17NO. The van der Waals surface area contributed by atoms with Crippen molar-refractivity contribution in [1.82, 2.24) is 0 Å². The molecular weight excluding hydrogens is 174 g/mol. The van der Waals surface area contributed by atoms with Crippen LogP contribution in [0.4, 0.5) is 5.69 Å². The molecule has 1 aliphatic carbocycles. The quantitative estimate of drug-likeness (QED) is 0.768. The van der Waals surface area contributed by atoms with Gasteiger partial charge in [-0.25, -0.2) is 0 Å². The predicted molar refractivity (Wildman–Crippen MR) is 58.5 cm³/mol. The first-order chi connectivity index (χ1) is 6.68. The molecule has 0 aromatic heterocycles. The van der Waals surface area contributed by atoms with Gasteiger partial charge in [-0.05, 0) is 38.3 Å². The maximum Gasteiger partial charge on any atom is 0.0819 e. The van der Waals surface area contributed by atoms with Crippen LogP contribution in [0, 0.1) is 6.92 Å². The summed E-state index contributed by atoms with van der Waals surface area (Å²) in [6.07, 6.45) is 3.03. The van der Waals surface area contributed by atoms with Crippen molar-refractivity contribution in [3.05, 3.63) is 29.8 Å². The van der Waals surface area contributed by atoms with Gasteiger partial charge in [0.1, 0.15) is 0 Å². The Morgan fingerprint density at radius 1 is 1.29 bits per heavy atom. The molecule has 0 unspecified atom stereocenters. The molecule has 2 rings (SSSR count). The Morgan fingerprint density at radius 2 is 1.93 bits per heavy atom. The second-order valence-corrected chi connectivity index (χ2v) is 4.30. The molecule has 14 heavy (non-hydrogen) atoms. The Bertz CT molecular complexity index is 301. The maximum atomic E-state index is 9.86. The van der Waals surface area contributed by atoms with Gasteiger partial charge in [0.15, 0.2) is 0 Å². The van der Waals surface area contributed by atoms with Crippen LogP contribution in [0.25, 0.3) is 0 Å². The number of aliphatic hydroxyl groups is 1. The van der Waals surface area contributed by atoms with Crippen molar-refractivity contribution in [1.29, 1.82) is 0 Å². The number of aryl methyl sites for hydroxylation is 1. The molecule has 2 heteroatoms. The van der Waals surface area contributed by atoms with Gasteiger partial charge in [-0.15, -0.1) is 0 Å². The van der Waals surface area contributed by atoms with Crippen LogP contribution in [0.15, 0.2) is 24.3 Å². The van der Waals surface area contributed by atoms with E-state index in [0.717, 1.165) is 24.9 Å². The van der Waals surface area contributed by atoms with Gasteiger partial charge in [-0.2, -0.15) is 0 Å². The van der Waals surface area contributed by atoms with Crippen molar-refractivity contribution in [2.75, 3.05) is 11.9 Å². The Balaban J connectivity index is 1.88. The van der Waals surface area contributed by atoms with Crippen molar-refractivity contribution >= 4 is 5.69 Å². The van der Waals surface area contributed by atoms with Crippen molar-refractivity contribution in [3.8, 4) is 0 Å². The summed E-state index contributed by atoms with van der Waals surface area (Å²) in [6.45, 7) is 2.75. The first-order valence-corrected chi connectivity index (χ1v) is 5.21. The van der Waals surface area contributed by atoms with E-state index in [1.54, 1.807) is 0 Å². The lowest BCUT2D eigenvalue weighted by molar-refractivity contribution is -0.0201. The molecule has 0 bridgehead atoms. The fourth-order valence-electron chi connectivity index (χ4n) is 1.70. The van der Waals surface area contributed by atoms with Gasteiger partial charge in [-0.3, -0.25) is 0 Å². The number of benzene rings is 1. The van der Waals surface area contributed by atoms with E-state index in [-0.39, 0.29) is 0 Å². The highest BCUT2D eigenvalue weighted by atomic mass is 16.3. The third-order valence-corrected chi connectivity index (χ3v) is 2.96. The number of nitrogens with one attached hydrogen (secondary N) is 1. The Morgan fingerprint density at radius 3 is 2.43 bits per heavy atom. The normalized spacial score (nSPS) is 18.7. The molecule has 1 aromatic rings. The van der Waals surface area contributed by atoms with E-state index < -0.39 is 5.60 Å². The molecule has 0 saturated heterocycles. The summed E-state index contributed by atoms with van der Waals surface area (Å²) in [6, 6.07) is 8.26. The fraction of sp³-hybridized carbons (Fsp3) is 0.500. The molecule has 0 heterocycles. The van der Waals surface area contributed by atoms with Gasteiger partial charge in [-0.1, -0.05) is 17.7 Å². The minimum atomic E-state index is -0.440. The van der Waals surface area contributed by atoms with E-state index in [1.165, 1.54) is 5.56 Å². The third kappa shape index (κ3) is 2.07. The summed E-state index contributed by atoms with van der Waals surface area (Å²) in [5, 5.41) is 13.1. The van der Waals surface area contributed by atoms with Gasteiger partial charge in [0.05, 0.1) is 5.60 Å². The lowest BCUT2D eigenvalue weighted by atomic mass is 9.80. The van der Waals surface area contributed by atoms with E-state index in [0.29, 0.717) is 6.54 Å². The van der Waals surface area contributed by atoms with Crippen LogP contribution in [0.1, 0.15) is 24.8 Å². The molecule has 0 amide bonds. The molecule has 1 aliphatic rings. The highest BCUT2D eigenvalue weighted by molar-refractivity contribution is 5.44. The number of rotatable bonds is 3. The van der Waals surface area contributed by atoms with Gasteiger partial charge in [0.25, 0.3) is 0 Å². The van der Waals surface area contributed by atoms with E-state index in [2.05, 4.69) is 36.5 Å². The Kier molecular flexibility index (Phi) is 2.46. The monoisotopic (exact) mass is 191 g/mol. The zero-order valence-electron chi connectivity index (χ0n) is 8.59. The summed E-state index contributed by atoms with van der Waals surface area (Å²) >= 11 is 0. The second kappa shape index (κ2) is 3.62. The first-order valence-electron chi connectivity index (χ1n) is 5.21. The van der Waals surface area contributed by atoms with Gasteiger partial charge < -0.3 is 10.4 Å². The molecule has 1 fully saturated rings. The number of hydrogen-bond donors (Lipinski definition) is 2. The SMILES string of the molecule is Cc1ccc(NCC2(O)CCC2)cc1. The predicted octanol–water partition coefficient (Wildman–Crippen LogP) is 2.32. The molecule has 1 saturated carbocycles. The minimum Gasteiger partial charge on any atom is -0.388 e.